The van der Waals surface area contributed by atoms with Crippen molar-refractivity contribution in [1.82, 2.24) is 20.3 Å². The second-order valence-corrected chi connectivity index (χ2v) is 11.5. The topological polar surface area (TPSA) is 211 Å². The highest BCUT2D eigenvalue weighted by atomic mass is 19.2. The van der Waals surface area contributed by atoms with E-state index in [1.54, 1.807) is 10.9 Å². The minimum absolute atomic E-state index is 0.00486. The first-order chi connectivity index (χ1) is 26.0. The summed E-state index contributed by atoms with van der Waals surface area (Å²) in [6.07, 6.45) is -2.01. The Hall–Kier alpha value is -3.45. The highest BCUT2D eigenvalue weighted by molar-refractivity contribution is 5.75. The molecule has 1 fully saturated rings. The maximum Gasteiger partial charge on any atom is 0.313 e. The lowest BCUT2D eigenvalue weighted by atomic mass is 10.0. The fourth-order valence-corrected chi connectivity index (χ4v) is 4.56. The number of rotatable bonds is 27. The van der Waals surface area contributed by atoms with Crippen LogP contribution in [0.5, 0.6) is 5.75 Å². The predicted molar refractivity (Wildman–Crippen MR) is 170 cm³/mol. The minimum Gasteiger partial charge on any atom is -0.420 e. The van der Waals surface area contributed by atoms with Crippen LogP contribution in [-0.2, 0) is 55.7 Å². The number of benzene rings is 1. The van der Waals surface area contributed by atoms with E-state index in [-0.39, 0.29) is 64.9 Å². The number of esters is 1. The van der Waals surface area contributed by atoms with Gasteiger partial charge in [-0.25, -0.2) is 17.9 Å². The van der Waals surface area contributed by atoms with Crippen LogP contribution in [0.4, 0.5) is 22.0 Å². The summed E-state index contributed by atoms with van der Waals surface area (Å²) in [5, 5.41) is 39.6. The van der Waals surface area contributed by atoms with Gasteiger partial charge < -0.3 is 58.5 Å². The normalized spacial score (nSPS) is 18.6. The number of halogens is 5. The van der Waals surface area contributed by atoms with Gasteiger partial charge in [0.15, 0.2) is 6.29 Å². The Morgan fingerprint density at radius 2 is 1.37 bits per heavy atom. The molecule has 0 unspecified atom stereocenters. The predicted octanol–water partition coefficient (Wildman–Crippen LogP) is -0.0532. The Morgan fingerprint density at radius 3 is 2.02 bits per heavy atom. The van der Waals surface area contributed by atoms with E-state index < -0.39 is 78.4 Å². The molecule has 3 rings (SSSR count). The molecule has 2 heterocycles. The van der Waals surface area contributed by atoms with Crippen LogP contribution in [-0.4, -0.2) is 153 Å². The van der Waals surface area contributed by atoms with Crippen molar-refractivity contribution in [3.63, 3.8) is 0 Å². The van der Waals surface area contributed by atoms with E-state index >= 15 is 0 Å². The third-order valence-electron chi connectivity index (χ3n) is 7.42. The van der Waals surface area contributed by atoms with Crippen molar-refractivity contribution in [1.29, 1.82) is 0 Å². The largest absolute Gasteiger partial charge is 0.420 e. The van der Waals surface area contributed by atoms with Crippen LogP contribution in [0, 0.1) is 29.1 Å². The third kappa shape index (κ3) is 15.7. The molecule has 0 bridgehead atoms. The molecule has 0 saturated carbocycles. The van der Waals surface area contributed by atoms with Crippen LogP contribution in [0.3, 0.4) is 0 Å². The molecule has 306 valence electrons. The first-order valence-electron chi connectivity index (χ1n) is 17.0. The average Bonchev–Trinajstić information content (AvgIpc) is 3.61. The van der Waals surface area contributed by atoms with E-state index in [0.717, 1.165) is 0 Å². The number of hydrogen-bond acceptors (Lipinski definition) is 15. The quantitative estimate of drug-likeness (QED) is 0.0234. The van der Waals surface area contributed by atoms with Gasteiger partial charge in [-0.05, 0) is 0 Å². The van der Waals surface area contributed by atoms with Crippen LogP contribution in [0.2, 0.25) is 0 Å². The van der Waals surface area contributed by atoms with Crippen molar-refractivity contribution in [2.75, 3.05) is 85.8 Å². The molecule has 2 aromatic rings. The number of nitrogens with one attached hydrogen (secondary N) is 1. The molecule has 54 heavy (non-hydrogen) atoms. The fourth-order valence-electron chi connectivity index (χ4n) is 4.56. The lowest BCUT2D eigenvalue weighted by molar-refractivity contribution is -0.256. The highest BCUT2D eigenvalue weighted by Crippen LogP contribution is 2.29. The van der Waals surface area contributed by atoms with Crippen molar-refractivity contribution in [2.24, 2.45) is 0 Å². The summed E-state index contributed by atoms with van der Waals surface area (Å²) in [4.78, 5) is 23.5. The molecule has 1 aromatic carbocycles. The summed E-state index contributed by atoms with van der Waals surface area (Å²) in [7, 11) is 0. The van der Waals surface area contributed by atoms with E-state index in [1.807, 2.05) is 0 Å². The van der Waals surface area contributed by atoms with Gasteiger partial charge in [0.25, 0.3) is 0 Å². The molecule has 0 spiro atoms. The zero-order valence-corrected chi connectivity index (χ0v) is 29.3. The van der Waals surface area contributed by atoms with Crippen molar-refractivity contribution >= 4 is 11.9 Å². The van der Waals surface area contributed by atoms with E-state index in [2.05, 4.69) is 20.4 Å². The molecule has 1 aliphatic heterocycles. The maximum absolute atomic E-state index is 13.6. The molecule has 4 N–H and O–H groups in total. The zero-order valence-electron chi connectivity index (χ0n) is 29.3. The number of aliphatic hydroxyl groups excluding tert-OH is 3. The van der Waals surface area contributed by atoms with E-state index in [4.69, 9.17) is 33.2 Å². The summed E-state index contributed by atoms with van der Waals surface area (Å²) >= 11 is 0. The summed E-state index contributed by atoms with van der Waals surface area (Å²) in [5.41, 5.74) is 0.691. The minimum atomic E-state index is -2.37. The van der Waals surface area contributed by atoms with Crippen molar-refractivity contribution < 1.29 is 84.8 Å². The van der Waals surface area contributed by atoms with Gasteiger partial charge in [0.2, 0.25) is 40.7 Å². The van der Waals surface area contributed by atoms with Crippen LogP contribution < -0.4 is 10.1 Å². The number of ether oxygens (including phenoxy) is 8. The number of carbonyl (C=O) groups is 2. The average molecular weight is 789 g/mol. The Labute approximate surface area is 306 Å². The Bertz CT molecular complexity index is 1400. The van der Waals surface area contributed by atoms with Gasteiger partial charge in [0.05, 0.1) is 104 Å². The van der Waals surface area contributed by atoms with Gasteiger partial charge in [-0.2, -0.15) is 8.78 Å². The van der Waals surface area contributed by atoms with Crippen molar-refractivity contribution in [3.05, 3.63) is 41.0 Å². The summed E-state index contributed by atoms with van der Waals surface area (Å²) in [6, 6.07) is 0. The fraction of sp³-hybridized carbons (Fsp3) is 0.688. The standard InChI is InChI=1S/C32H45F5N4O13/c33-26-27(34)29(36)32(30(37)28(26)35)54-24(45)3-7-48-12-11-47-6-2-23(44)38-4-9-49-13-15-51-16-14-50-10-5-41-18-20(39-40-41)1-8-52-25-17-21(43)31(46)22(19-42)53-25/h18,21-22,25,31,42-43,46H,1-17,19H2,(H,38,44)/t21-,22-,25-,31-/m1/s1. The summed E-state index contributed by atoms with van der Waals surface area (Å²) in [6.45, 7) is 2.45. The van der Waals surface area contributed by atoms with Gasteiger partial charge in [-0.1, -0.05) is 5.21 Å². The van der Waals surface area contributed by atoms with Gasteiger partial charge in [-0.15, -0.1) is 5.10 Å². The first kappa shape index (κ1) is 44.9. The van der Waals surface area contributed by atoms with Crippen LogP contribution in [0.1, 0.15) is 25.0 Å². The highest BCUT2D eigenvalue weighted by Gasteiger charge is 2.36. The van der Waals surface area contributed by atoms with E-state index in [9.17, 15) is 46.9 Å². The smallest absolute Gasteiger partial charge is 0.313 e. The summed E-state index contributed by atoms with van der Waals surface area (Å²) < 4.78 is 110. The Morgan fingerprint density at radius 1 is 0.796 bits per heavy atom. The number of carbonyl (C=O) groups excluding carboxylic acids is 2. The molecule has 17 nitrogen and oxygen atoms in total. The monoisotopic (exact) mass is 788 g/mol. The number of hydrogen-bond donors (Lipinski definition) is 4. The summed E-state index contributed by atoms with van der Waals surface area (Å²) in [5.74, 6) is -14.6. The second kappa shape index (κ2) is 24.9. The first-order valence-corrected chi connectivity index (χ1v) is 17.0. The molecular formula is C32H45F5N4O13. The van der Waals surface area contributed by atoms with Crippen LogP contribution in [0.25, 0.3) is 0 Å². The SMILES string of the molecule is O=C(CCOCCOCCC(=O)Oc1c(F)c(F)c(F)c(F)c1F)NCCOCCOCCOCCn1cc(CCO[C@H]2C[C@@H](O)[C@@H](O)[C@@H](CO)O2)nn1. The number of aromatic nitrogens is 3. The third-order valence-corrected chi connectivity index (χ3v) is 7.42. The number of amides is 1. The molecular weight excluding hydrogens is 743 g/mol. The van der Waals surface area contributed by atoms with E-state index in [0.29, 0.717) is 51.7 Å². The molecule has 1 saturated heterocycles. The molecule has 1 aliphatic rings. The molecule has 22 heteroatoms. The number of nitrogens with zero attached hydrogens (tertiary/aromatic N) is 3. The lowest BCUT2D eigenvalue weighted by Crippen LogP contribution is -2.50. The molecule has 0 radical (unpaired) electrons. The molecule has 0 aliphatic carbocycles. The van der Waals surface area contributed by atoms with Gasteiger partial charge >= 0.3 is 5.97 Å². The van der Waals surface area contributed by atoms with Crippen LogP contribution in [0.15, 0.2) is 6.20 Å². The van der Waals surface area contributed by atoms with Gasteiger partial charge in [0, 0.05) is 32.0 Å². The van der Waals surface area contributed by atoms with Crippen molar-refractivity contribution in [3.8, 4) is 5.75 Å². The lowest BCUT2D eigenvalue weighted by Gasteiger charge is -2.35. The van der Waals surface area contributed by atoms with Crippen LogP contribution >= 0.6 is 0 Å². The van der Waals surface area contributed by atoms with Gasteiger partial charge in [0.1, 0.15) is 12.2 Å². The number of aliphatic hydroxyl groups is 3. The molecule has 4 atom stereocenters. The molecule has 1 amide bonds. The zero-order chi connectivity index (χ0) is 39.3. The van der Waals surface area contributed by atoms with Gasteiger partial charge in [-0.3, -0.25) is 9.59 Å². The second-order valence-electron chi connectivity index (χ2n) is 11.5. The Kier molecular flexibility index (Phi) is 20.7. The van der Waals surface area contributed by atoms with Crippen molar-refractivity contribution in [2.45, 2.75) is 56.8 Å². The molecule has 1 aromatic heterocycles. The maximum atomic E-state index is 13.6. The Balaban J connectivity index is 1.06. The van der Waals surface area contributed by atoms with E-state index in [1.165, 1.54) is 0 Å².